The van der Waals surface area contributed by atoms with Gasteiger partial charge < -0.3 is 10.6 Å². The molecule has 0 aliphatic carbocycles. The summed E-state index contributed by atoms with van der Waals surface area (Å²) in [5.41, 5.74) is 7.44. The van der Waals surface area contributed by atoms with Gasteiger partial charge in [-0.2, -0.15) is 0 Å². The predicted molar refractivity (Wildman–Crippen MR) is 67.3 cm³/mol. The maximum atomic E-state index is 6.21. The molecule has 16 heavy (non-hydrogen) atoms. The summed E-state index contributed by atoms with van der Waals surface area (Å²) in [6.45, 7) is 5.55. The number of nitrogens with two attached hydrogens (primary N) is 1. The highest BCUT2D eigenvalue weighted by molar-refractivity contribution is 5.18. The number of benzene rings is 1. The Labute approximate surface area is 97.8 Å². The molecule has 0 amide bonds. The molecule has 0 unspecified atom stereocenters. The van der Waals surface area contributed by atoms with E-state index in [9.17, 15) is 0 Å². The van der Waals surface area contributed by atoms with Crippen LogP contribution in [-0.2, 0) is 0 Å². The summed E-state index contributed by atoms with van der Waals surface area (Å²) < 4.78 is 0. The summed E-state index contributed by atoms with van der Waals surface area (Å²) in [4.78, 5) is 4.82. The lowest BCUT2D eigenvalue weighted by Gasteiger charge is -2.33. The van der Waals surface area contributed by atoms with Crippen molar-refractivity contribution in [3.05, 3.63) is 35.9 Å². The highest BCUT2D eigenvalue weighted by Gasteiger charge is 2.16. The Morgan fingerprint density at radius 3 is 2.38 bits per heavy atom. The van der Waals surface area contributed by atoms with Gasteiger partial charge >= 0.3 is 0 Å². The number of rotatable bonds is 3. The fraction of sp³-hybridized carbons (Fsp3) is 0.538. The molecule has 3 heteroatoms. The van der Waals surface area contributed by atoms with Gasteiger partial charge in [0.25, 0.3) is 0 Å². The van der Waals surface area contributed by atoms with Gasteiger partial charge in [0.2, 0.25) is 0 Å². The topological polar surface area (TPSA) is 32.5 Å². The number of nitrogens with zero attached hydrogens (tertiary/aromatic N) is 2. The first-order valence-electron chi connectivity index (χ1n) is 5.97. The van der Waals surface area contributed by atoms with Gasteiger partial charge in [0.1, 0.15) is 0 Å². The van der Waals surface area contributed by atoms with Gasteiger partial charge in [0, 0.05) is 38.8 Å². The molecule has 0 radical (unpaired) electrons. The van der Waals surface area contributed by atoms with Crippen molar-refractivity contribution in [2.75, 3.05) is 39.8 Å². The number of hydrogen-bond acceptors (Lipinski definition) is 3. The fourth-order valence-corrected chi connectivity index (χ4v) is 2.11. The average Bonchev–Trinajstić information content (AvgIpc) is 2.33. The zero-order chi connectivity index (χ0) is 11.4. The van der Waals surface area contributed by atoms with Crippen molar-refractivity contribution in [3.63, 3.8) is 0 Å². The van der Waals surface area contributed by atoms with Gasteiger partial charge in [-0.3, -0.25) is 4.90 Å². The first-order chi connectivity index (χ1) is 7.75. The van der Waals surface area contributed by atoms with Crippen LogP contribution >= 0.6 is 0 Å². The molecule has 1 aromatic carbocycles. The van der Waals surface area contributed by atoms with Crippen molar-refractivity contribution in [1.82, 2.24) is 9.80 Å². The third kappa shape index (κ3) is 3.04. The highest BCUT2D eigenvalue weighted by atomic mass is 15.2. The molecular formula is C13H21N3. The smallest absolute Gasteiger partial charge is 0.0424 e. The van der Waals surface area contributed by atoms with E-state index in [4.69, 9.17) is 5.73 Å². The highest BCUT2D eigenvalue weighted by Crippen LogP contribution is 2.12. The van der Waals surface area contributed by atoms with Crippen LogP contribution in [0.3, 0.4) is 0 Å². The molecule has 0 saturated carbocycles. The van der Waals surface area contributed by atoms with Crippen LogP contribution in [0.5, 0.6) is 0 Å². The van der Waals surface area contributed by atoms with Gasteiger partial charge in [0.15, 0.2) is 0 Å². The molecule has 0 aromatic heterocycles. The van der Waals surface area contributed by atoms with Crippen molar-refractivity contribution in [2.45, 2.75) is 6.04 Å². The summed E-state index contributed by atoms with van der Waals surface area (Å²) in [7, 11) is 2.18. The Kier molecular flexibility index (Phi) is 3.93. The molecule has 2 rings (SSSR count). The minimum absolute atomic E-state index is 0.143. The van der Waals surface area contributed by atoms with E-state index in [1.807, 2.05) is 6.07 Å². The second-order valence-corrected chi connectivity index (χ2v) is 4.62. The van der Waals surface area contributed by atoms with Gasteiger partial charge in [0.05, 0.1) is 0 Å². The summed E-state index contributed by atoms with van der Waals surface area (Å²) >= 11 is 0. The molecule has 1 heterocycles. The quantitative estimate of drug-likeness (QED) is 0.821. The van der Waals surface area contributed by atoms with Crippen molar-refractivity contribution >= 4 is 0 Å². The lowest BCUT2D eigenvalue weighted by Crippen LogP contribution is -2.46. The van der Waals surface area contributed by atoms with Crippen molar-refractivity contribution in [1.29, 1.82) is 0 Å². The summed E-state index contributed by atoms with van der Waals surface area (Å²) in [5, 5.41) is 0. The van der Waals surface area contributed by atoms with Crippen molar-refractivity contribution in [2.24, 2.45) is 5.73 Å². The molecule has 1 aliphatic rings. The first-order valence-corrected chi connectivity index (χ1v) is 5.97. The molecule has 0 bridgehead atoms. The summed E-state index contributed by atoms with van der Waals surface area (Å²) in [6, 6.07) is 10.5. The monoisotopic (exact) mass is 219 g/mol. The normalized spacial score (nSPS) is 20.9. The molecule has 1 aromatic rings. The second-order valence-electron chi connectivity index (χ2n) is 4.62. The van der Waals surface area contributed by atoms with Crippen LogP contribution in [0.2, 0.25) is 0 Å². The molecule has 1 saturated heterocycles. The van der Waals surface area contributed by atoms with Crippen molar-refractivity contribution < 1.29 is 0 Å². The zero-order valence-corrected chi connectivity index (χ0v) is 9.97. The van der Waals surface area contributed by atoms with E-state index in [-0.39, 0.29) is 6.04 Å². The van der Waals surface area contributed by atoms with Crippen LogP contribution in [0.4, 0.5) is 0 Å². The third-order valence-electron chi connectivity index (χ3n) is 3.28. The molecule has 1 atom stereocenters. The Morgan fingerprint density at radius 1 is 1.12 bits per heavy atom. The van der Waals surface area contributed by atoms with E-state index < -0.39 is 0 Å². The Hall–Kier alpha value is -0.900. The number of hydrogen-bond donors (Lipinski definition) is 1. The van der Waals surface area contributed by atoms with Crippen LogP contribution in [0, 0.1) is 0 Å². The molecule has 1 aliphatic heterocycles. The van der Waals surface area contributed by atoms with Crippen molar-refractivity contribution in [3.8, 4) is 0 Å². The maximum absolute atomic E-state index is 6.21. The van der Waals surface area contributed by atoms with Crippen LogP contribution in [0.15, 0.2) is 30.3 Å². The van der Waals surface area contributed by atoms with Crippen LogP contribution in [0.1, 0.15) is 11.6 Å². The Morgan fingerprint density at radius 2 is 1.75 bits per heavy atom. The fourth-order valence-electron chi connectivity index (χ4n) is 2.11. The molecule has 88 valence electrons. The lowest BCUT2D eigenvalue weighted by atomic mass is 10.1. The largest absolute Gasteiger partial charge is 0.323 e. The van der Waals surface area contributed by atoms with E-state index in [1.54, 1.807) is 0 Å². The van der Waals surface area contributed by atoms with E-state index >= 15 is 0 Å². The van der Waals surface area contributed by atoms with E-state index in [0.717, 1.165) is 32.7 Å². The van der Waals surface area contributed by atoms with Gasteiger partial charge in [-0.05, 0) is 12.6 Å². The SMILES string of the molecule is CN1CCN(C[C@@H](N)c2ccccc2)CC1. The molecule has 2 N–H and O–H groups in total. The van der Waals surface area contributed by atoms with Gasteiger partial charge in [-0.25, -0.2) is 0 Å². The molecule has 0 spiro atoms. The number of likely N-dealkylation sites (N-methyl/N-ethyl adjacent to an activating group) is 1. The predicted octanol–water partition coefficient (Wildman–Crippen LogP) is 0.934. The average molecular weight is 219 g/mol. The Bertz CT molecular complexity index is 304. The summed E-state index contributed by atoms with van der Waals surface area (Å²) in [5.74, 6) is 0. The minimum atomic E-state index is 0.143. The minimum Gasteiger partial charge on any atom is -0.323 e. The molecular weight excluding hydrogens is 198 g/mol. The second kappa shape index (κ2) is 5.43. The molecule has 1 fully saturated rings. The first kappa shape index (κ1) is 11.6. The lowest BCUT2D eigenvalue weighted by molar-refractivity contribution is 0.147. The van der Waals surface area contributed by atoms with Gasteiger partial charge in [-0.15, -0.1) is 0 Å². The maximum Gasteiger partial charge on any atom is 0.0424 e. The van der Waals surface area contributed by atoms with Crippen LogP contribution in [0.25, 0.3) is 0 Å². The third-order valence-corrected chi connectivity index (χ3v) is 3.28. The van der Waals surface area contributed by atoms with E-state index in [0.29, 0.717) is 0 Å². The summed E-state index contributed by atoms with van der Waals surface area (Å²) in [6.07, 6.45) is 0. The zero-order valence-electron chi connectivity index (χ0n) is 9.97. The number of piperazine rings is 1. The van der Waals surface area contributed by atoms with Gasteiger partial charge in [-0.1, -0.05) is 30.3 Å². The van der Waals surface area contributed by atoms with Crippen LogP contribution < -0.4 is 5.73 Å². The molecule has 3 nitrogen and oxygen atoms in total. The standard InChI is InChI=1S/C13H21N3/c1-15-7-9-16(10-8-15)11-13(14)12-5-3-2-4-6-12/h2-6,13H,7-11,14H2,1H3/t13-/m1/s1. The van der Waals surface area contributed by atoms with Crippen LogP contribution in [-0.4, -0.2) is 49.6 Å². The van der Waals surface area contributed by atoms with E-state index in [2.05, 4.69) is 41.1 Å². The van der Waals surface area contributed by atoms with E-state index in [1.165, 1.54) is 5.56 Å². The Balaban J connectivity index is 1.86.